The highest BCUT2D eigenvalue weighted by atomic mass is 35.5. The molecule has 0 aliphatic carbocycles. The van der Waals surface area contributed by atoms with Crippen molar-refractivity contribution in [3.8, 4) is 0 Å². The SMILES string of the molecule is FC(F)(F)c1cc(NC(=S)NCCCN2CCCCCC2)ccc1Cl. The molecule has 1 saturated heterocycles. The Hall–Kier alpha value is -1.05. The molecular weight excluding hydrogens is 371 g/mol. The molecule has 25 heavy (non-hydrogen) atoms. The van der Waals surface area contributed by atoms with Crippen LogP contribution < -0.4 is 10.6 Å². The molecule has 0 atom stereocenters. The van der Waals surface area contributed by atoms with Crippen LogP contribution >= 0.6 is 23.8 Å². The molecule has 8 heteroatoms. The number of anilines is 1. The molecule has 0 bridgehead atoms. The lowest BCUT2D eigenvalue weighted by atomic mass is 10.2. The summed E-state index contributed by atoms with van der Waals surface area (Å²) in [4.78, 5) is 2.46. The van der Waals surface area contributed by atoms with Crippen LogP contribution in [0.3, 0.4) is 0 Å². The highest BCUT2D eigenvalue weighted by Crippen LogP contribution is 2.36. The quantitative estimate of drug-likeness (QED) is 0.549. The Morgan fingerprint density at radius 3 is 2.48 bits per heavy atom. The molecule has 1 fully saturated rings. The summed E-state index contributed by atoms with van der Waals surface area (Å²) < 4.78 is 38.6. The number of rotatable bonds is 5. The molecule has 1 heterocycles. The lowest BCUT2D eigenvalue weighted by Crippen LogP contribution is -2.32. The zero-order chi connectivity index (χ0) is 18.3. The molecule has 0 spiro atoms. The first-order valence-electron chi connectivity index (χ1n) is 8.50. The van der Waals surface area contributed by atoms with E-state index in [4.69, 9.17) is 23.8 Å². The number of benzene rings is 1. The molecular formula is C17H23ClF3N3S. The third-order valence-corrected chi connectivity index (χ3v) is 4.74. The van der Waals surface area contributed by atoms with Gasteiger partial charge in [0.2, 0.25) is 0 Å². The van der Waals surface area contributed by atoms with E-state index in [9.17, 15) is 13.2 Å². The molecule has 2 N–H and O–H groups in total. The molecule has 0 aromatic heterocycles. The Morgan fingerprint density at radius 2 is 1.84 bits per heavy atom. The maximum absolute atomic E-state index is 12.9. The summed E-state index contributed by atoms with van der Waals surface area (Å²) >= 11 is 10.8. The molecule has 2 rings (SSSR count). The maximum atomic E-state index is 12.9. The van der Waals surface area contributed by atoms with Gasteiger partial charge in [-0.25, -0.2) is 0 Å². The lowest BCUT2D eigenvalue weighted by molar-refractivity contribution is -0.137. The number of nitrogens with zero attached hydrogens (tertiary/aromatic N) is 1. The zero-order valence-corrected chi connectivity index (χ0v) is 15.5. The smallest absolute Gasteiger partial charge is 0.362 e. The molecule has 0 radical (unpaired) electrons. The van der Waals surface area contributed by atoms with E-state index in [1.807, 2.05) is 0 Å². The van der Waals surface area contributed by atoms with Crippen molar-refractivity contribution in [2.24, 2.45) is 0 Å². The van der Waals surface area contributed by atoms with Gasteiger partial charge in [0, 0.05) is 12.2 Å². The number of nitrogens with one attached hydrogen (secondary N) is 2. The highest BCUT2D eigenvalue weighted by molar-refractivity contribution is 7.80. The fourth-order valence-corrected chi connectivity index (χ4v) is 3.30. The van der Waals surface area contributed by atoms with E-state index in [1.54, 1.807) is 0 Å². The van der Waals surface area contributed by atoms with Crippen molar-refractivity contribution >= 4 is 34.6 Å². The number of halogens is 4. The summed E-state index contributed by atoms with van der Waals surface area (Å²) in [5.74, 6) is 0. The first kappa shape index (κ1) is 20.3. The molecule has 1 aromatic carbocycles. The molecule has 1 aromatic rings. The topological polar surface area (TPSA) is 27.3 Å². The van der Waals surface area contributed by atoms with Crippen LogP contribution in [0.15, 0.2) is 18.2 Å². The Balaban J connectivity index is 1.75. The second kappa shape index (κ2) is 9.59. The van der Waals surface area contributed by atoms with Crippen LogP contribution in [0.4, 0.5) is 18.9 Å². The molecule has 1 aliphatic heterocycles. The lowest BCUT2D eigenvalue weighted by Gasteiger charge is -2.20. The standard InChI is InChI=1S/C17H23ClF3N3S/c18-15-7-6-13(12-14(15)17(19,20)21)23-16(25)22-8-5-11-24-9-3-1-2-4-10-24/h6-7,12H,1-5,8-11H2,(H2,22,23,25). The maximum Gasteiger partial charge on any atom is 0.417 e. The minimum absolute atomic E-state index is 0.266. The van der Waals surface area contributed by atoms with E-state index in [0.717, 1.165) is 32.1 Å². The highest BCUT2D eigenvalue weighted by Gasteiger charge is 2.33. The van der Waals surface area contributed by atoms with Crippen LogP contribution in [-0.2, 0) is 6.18 Å². The van der Waals surface area contributed by atoms with Gasteiger partial charge < -0.3 is 15.5 Å². The van der Waals surface area contributed by atoms with Gasteiger partial charge in [0.15, 0.2) is 5.11 Å². The van der Waals surface area contributed by atoms with Crippen molar-refractivity contribution in [1.82, 2.24) is 10.2 Å². The molecule has 0 unspecified atom stereocenters. The number of likely N-dealkylation sites (tertiary alicyclic amines) is 1. The first-order valence-corrected chi connectivity index (χ1v) is 9.29. The Bertz CT molecular complexity index is 573. The van der Waals surface area contributed by atoms with Crippen LogP contribution in [0.2, 0.25) is 5.02 Å². The van der Waals surface area contributed by atoms with Crippen molar-refractivity contribution in [1.29, 1.82) is 0 Å². The van der Waals surface area contributed by atoms with Crippen molar-refractivity contribution in [3.63, 3.8) is 0 Å². The summed E-state index contributed by atoms with van der Waals surface area (Å²) in [7, 11) is 0. The predicted molar refractivity (Wildman–Crippen MR) is 100 cm³/mol. The summed E-state index contributed by atoms with van der Waals surface area (Å²) in [5.41, 5.74) is -0.607. The van der Waals surface area contributed by atoms with Gasteiger partial charge in [0.1, 0.15) is 0 Å². The summed E-state index contributed by atoms with van der Waals surface area (Å²) in [6, 6.07) is 3.66. The fourth-order valence-electron chi connectivity index (χ4n) is 2.86. The summed E-state index contributed by atoms with van der Waals surface area (Å²) in [6.07, 6.45) is 1.58. The number of alkyl halides is 3. The van der Waals surface area contributed by atoms with Gasteiger partial charge in [-0.1, -0.05) is 24.4 Å². The number of hydrogen-bond donors (Lipinski definition) is 2. The van der Waals surface area contributed by atoms with Gasteiger partial charge >= 0.3 is 6.18 Å². The van der Waals surface area contributed by atoms with Crippen LogP contribution in [-0.4, -0.2) is 36.2 Å². The Labute approximate surface area is 156 Å². The van der Waals surface area contributed by atoms with Crippen LogP contribution in [0, 0.1) is 0 Å². The Kier molecular flexibility index (Phi) is 7.78. The minimum Gasteiger partial charge on any atom is -0.362 e. The van der Waals surface area contributed by atoms with E-state index < -0.39 is 11.7 Å². The second-order valence-corrected chi connectivity index (χ2v) is 7.00. The molecule has 0 saturated carbocycles. The molecule has 0 amide bonds. The Morgan fingerprint density at radius 1 is 1.16 bits per heavy atom. The third kappa shape index (κ3) is 6.99. The van der Waals surface area contributed by atoms with Gasteiger partial charge in [0.25, 0.3) is 0 Å². The second-order valence-electron chi connectivity index (χ2n) is 6.18. The fraction of sp³-hybridized carbons (Fsp3) is 0.588. The molecule has 1 aliphatic rings. The number of thiocarbonyl (C=S) groups is 1. The van der Waals surface area contributed by atoms with E-state index >= 15 is 0 Å². The normalized spacial score (nSPS) is 16.3. The van der Waals surface area contributed by atoms with Gasteiger partial charge in [0.05, 0.1) is 10.6 Å². The van der Waals surface area contributed by atoms with Gasteiger partial charge in [-0.2, -0.15) is 13.2 Å². The van der Waals surface area contributed by atoms with Crippen molar-refractivity contribution in [2.75, 3.05) is 31.5 Å². The predicted octanol–water partition coefficient (Wildman–Crippen LogP) is 4.91. The van der Waals surface area contributed by atoms with Crippen LogP contribution in [0.1, 0.15) is 37.7 Å². The minimum atomic E-state index is -4.49. The summed E-state index contributed by atoms with van der Waals surface area (Å²) in [6.45, 7) is 3.98. The average Bonchev–Trinajstić information content (AvgIpc) is 2.81. The van der Waals surface area contributed by atoms with Crippen molar-refractivity contribution in [3.05, 3.63) is 28.8 Å². The summed E-state index contributed by atoms with van der Waals surface area (Å²) in [5, 5.41) is 5.80. The van der Waals surface area contributed by atoms with Crippen LogP contribution in [0.5, 0.6) is 0 Å². The van der Waals surface area contributed by atoms with Gasteiger partial charge in [-0.15, -0.1) is 0 Å². The first-order chi connectivity index (χ1) is 11.9. The van der Waals surface area contributed by atoms with Crippen LogP contribution in [0.25, 0.3) is 0 Å². The van der Waals surface area contributed by atoms with Gasteiger partial charge in [-0.3, -0.25) is 0 Å². The van der Waals surface area contributed by atoms with E-state index in [1.165, 1.54) is 37.8 Å². The van der Waals surface area contributed by atoms with Gasteiger partial charge in [-0.05, 0) is 69.3 Å². The molecule has 140 valence electrons. The largest absolute Gasteiger partial charge is 0.417 e. The monoisotopic (exact) mass is 393 g/mol. The average molecular weight is 394 g/mol. The van der Waals surface area contributed by atoms with Crippen molar-refractivity contribution < 1.29 is 13.2 Å². The molecule has 3 nitrogen and oxygen atoms in total. The van der Waals surface area contributed by atoms with E-state index in [0.29, 0.717) is 11.7 Å². The zero-order valence-electron chi connectivity index (χ0n) is 14.0. The van der Waals surface area contributed by atoms with Crippen molar-refractivity contribution in [2.45, 2.75) is 38.3 Å². The number of hydrogen-bond acceptors (Lipinski definition) is 2. The van der Waals surface area contributed by atoms with E-state index in [2.05, 4.69) is 15.5 Å². The third-order valence-electron chi connectivity index (χ3n) is 4.16. The van der Waals surface area contributed by atoms with E-state index in [-0.39, 0.29) is 10.7 Å².